The van der Waals surface area contributed by atoms with E-state index in [1.54, 1.807) is 13.0 Å². The van der Waals surface area contributed by atoms with Crippen molar-refractivity contribution in [1.82, 2.24) is 10.6 Å². The summed E-state index contributed by atoms with van der Waals surface area (Å²) in [6.45, 7) is 4.36. The Labute approximate surface area is 252 Å². The molecule has 3 saturated carbocycles. The van der Waals surface area contributed by atoms with Gasteiger partial charge in [0.05, 0.1) is 35.7 Å². The standard InChI is InChI=1S/C34H41N3O6/c1-20(21-7-5-4-6-8-21)19-36-32(39)29-22-9-10-23(15-22)30(29)37-31(38)26-17-27(24(18-35)16-28(26)42-3)43-25-11-13-34(2,14-12-25)33(40)41/h4-8,16-17,20,22-23,25,29-30H,9-15,19H2,1-3H3,(H,36,39)(H,37,38)(H,40,41)/t20-,22-,23+,25-,29+,30-,34+/m1/s1. The zero-order valence-electron chi connectivity index (χ0n) is 25.1. The molecule has 3 fully saturated rings. The molecule has 0 spiro atoms. The Kier molecular flexibility index (Phi) is 8.95. The van der Waals surface area contributed by atoms with Crippen molar-refractivity contribution in [3.05, 3.63) is 59.2 Å². The fourth-order valence-corrected chi connectivity index (χ4v) is 7.21. The van der Waals surface area contributed by atoms with E-state index in [-0.39, 0.29) is 70.3 Å². The summed E-state index contributed by atoms with van der Waals surface area (Å²) >= 11 is 0. The minimum absolute atomic E-state index is 0.0262. The lowest BCUT2D eigenvalue weighted by molar-refractivity contribution is -0.150. The van der Waals surface area contributed by atoms with Crippen molar-refractivity contribution in [2.75, 3.05) is 13.7 Å². The van der Waals surface area contributed by atoms with E-state index in [0.717, 1.165) is 24.8 Å². The average Bonchev–Trinajstić information content (AvgIpc) is 3.63. The number of nitrogens with one attached hydrogen (secondary N) is 2. The zero-order chi connectivity index (χ0) is 30.7. The second-order valence-electron chi connectivity index (χ2n) is 12.8. The number of carboxylic acid groups (broad SMARTS) is 1. The molecule has 9 heteroatoms. The molecule has 9 nitrogen and oxygen atoms in total. The van der Waals surface area contributed by atoms with Gasteiger partial charge in [0, 0.05) is 18.7 Å². The van der Waals surface area contributed by atoms with Gasteiger partial charge in [0.15, 0.2) is 0 Å². The molecule has 0 unspecified atom stereocenters. The van der Waals surface area contributed by atoms with Gasteiger partial charge >= 0.3 is 5.97 Å². The third kappa shape index (κ3) is 6.34. The van der Waals surface area contributed by atoms with E-state index >= 15 is 0 Å². The molecule has 228 valence electrons. The van der Waals surface area contributed by atoms with Gasteiger partial charge in [0.1, 0.15) is 17.6 Å². The van der Waals surface area contributed by atoms with Crippen LogP contribution in [0.5, 0.6) is 11.5 Å². The topological polar surface area (TPSA) is 138 Å². The van der Waals surface area contributed by atoms with Gasteiger partial charge in [-0.25, -0.2) is 0 Å². The molecule has 43 heavy (non-hydrogen) atoms. The van der Waals surface area contributed by atoms with Crippen LogP contribution in [-0.4, -0.2) is 48.7 Å². The molecule has 0 radical (unpaired) electrons. The van der Waals surface area contributed by atoms with E-state index in [0.29, 0.717) is 32.2 Å². The molecular formula is C34H41N3O6. The number of fused-ring (bicyclic) bond motifs is 2. The van der Waals surface area contributed by atoms with E-state index in [1.807, 2.05) is 18.2 Å². The van der Waals surface area contributed by atoms with Gasteiger partial charge in [-0.3, -0.25) is 14.4 Å². The van der Waals surface area contributed by atoms with Gasteiger partial charge in [-0.2, -0.15) is 5.26 Å². The predicted octanol–water partition coefficient (Wildman–Crippen LogP) is 5.04. The molecule has 5 rings (SSSR count). The van der Waals surface area contributed by atoms with Gasteiger partial charge < -0.3 is 25.2 Å². The highest BCUT2D eigenvalue weighted by Crippen LogP contribution is 2.49. The summed E-state index contributed by atoms with van der Waals surface area (Å²) in [5, 5.41) is 25.7. The molecule has 2 aromatic rings. The first kappa shape index (κ1) is 30.4. The lowest BCUT2D eigenvalue weighted by Gasteiger charge is -2.34. The number of hydrogen-bond acceptors (Lipinski definition) is 6. The number of amides is 2. The largest absolute Gasteiger partial charge is 0.496 e. The number of carbonyl (C=O) groups excluding carboxylic acids is 2. The van der Waals surface area contributed by atoms with Crippen molar-refractivity contribution in [2.45, 2.75) is 76.9 Å². The fraction of sp³-hybridized carbons (Fsp3) is 0.529. The number of rotatable bonds is 10. The van der Waals surface area contributed by atoms with E-state index in [2.05, 4.69) is 35.8 Å². The Bertz CT molecular complexity index is 1390. The molecule has 0 aromatic heterocycles. The molecule has 2 aromatic carbocycles. The summed E-state index contributed by atoms with van der Waals surface area (Å²) in [6.07, 6.45) is 4.59. The van der Waals surface area contributed by atoms with Crippen LogP contribution in [0.1, 0.15) is 86.2 Å². The minimum atomic E-state index is -0.814. The predicted molar refractivity (Wildman–Crippen MR) is 160 cm³/mol. The highest BCUT2D eigenvalue weighted by molar-refractivity contribution is 5.98. The van der Waals surface area contributed by atoms with Crippen LogP contribution in [-0.2, 0) is 9.59 Å². The van der Waals surface area contributed by atoms with Gasteiger partial charge in [-0.05, 0) is 81.3 Å². The zero-order valence-corrected chi connectivity index (χ0v) is 25.1. The molecule has 3 aliphatic rings. The highest BCUT2D eigenvalue weighted by Gasteiger charge is 2.51. The Morgan fingerprint density at radius 1 is 1.07 bits per heavy atom. The van der Waals surface area contributed by atoms with Crippen LogP contribution in [0, 0.1) is 34.5 Å². The molecule has 0 aliphatic heterocycles. The first-order valence-corrected chi connectivity index (χ1v) is 15.3. The van der Waals surface area contributed by atoms with Gasteiger partial charge in [0.2, 0.25) is 5.91 Å². The second kappa shape index (κ2) is 12.7. The van der Waals surface area contributed by atoms with Crippen LogP contribution < -0.4 is 20.1 Å². The number of aliphatic carboxylic acids is 1. The van der Waals surface area contributed by atoms with E-state index in [9.17, 15) is 24.8 Å². The normalized spacial score (nSPS) is 28.4. The van der Waals surface area contributed by atoms with Gasteiger partial charge in [-0.1, -0.05) is 37.3 Å². The number of nitriles is 1. The average molecular weight is 588 g/mol. The lowest BCUT2D eigenvalue weighted by atomic mass is 9.75. The van der Waals surface area contributed by atoms with Crippen LogP contribution in [0.2, 0.25) is 0 Å². The second-order valence-corrected chi connectivity index (χ2v) is 12.8. The Morgan fingerprint density at radius 3 is 2.42 bits per heavy atom. The van der Waals surface area contributed by atoms with E-state index in [4.69, 9.17) is 9.47 Å². The number of carboxylic acids is 1. The number of carbonyl (C=O) groups is 3. The smallest absolute Gasteiger partial charge is 0.309 e. The van der Waals surface area contributed by atoms with Crippen LogP contribution >= 0.6 is 0 Å². The summed E-state index contributed by atoms with van der Waals surface area (Å²) in [6, 6.07) is 15.0. The van der Waals surface area contributed by atoms with Crippen LogP contribution in [0.25, 0.3) is 0 Å². The number of ether oxygens (including phenoxy) is 2. The molecule has 2 bridgehead atoms. The summed E-state index contributed by atoms with van der Waals surface area (Å²) in [7, 11) is 1.45. The first-order valence-electron chi connectivity index (χ1n) is 15.3. The van der Waals surface area contributed by atoms with Gasteiger partial charge in [0.25, 0.3) is 5.91 Å². The SMILES string of the molecule is COc1cc(C#N)c(O[C@H]2CC[C@@](C)(C(=O)O)CC2)cc1C(=O)N[C@@H]1[C@H]2CC[C@H](C2)[C@@H]1C(=O)NC[C@@H](C)c1ccccc1. The number of nitrogens with zero attached hydrogens (tertiary/aromatic N) is 1. The minimum Gasteiger partial charge on any atom is -0.496 e. The number of methoxy groups -OCH3 is 1. The fourth-order valence-electron chi connectivity index (χ4n) is 7.21. The number of hydrogen-bond donors (Lipinski definition) is 3. The maximum absolute atomic E-state index is 13.8. The van der Waals surface area contributed by atoms with Crippen LogP contribution in [0.4, 0.5) is 0 Å². The Balaban J connectivity index is 1.29. The summed E-state index contributed by atoms with van der Waals surface area (Å²) in [5.41, 5.74) is 0.856. The molecule has 3 N–H and O–H groups in total. The number of benzene rings is 2. The van der Waals surface area contributed by atoms with E-state index in [1.165, 1.54) is 13.2 Å². The monoisotopic (exact) mass is 587 g/mol. The molecule has 3 aliphatic carbocycles. The van der Waals surface area contributed by atoms with Crippen LogP contribution in [0.15, 0.2) is 42.5 Å². The summed E-state index contributed by atoms with van der Waals surface area (Å²) < 4.78 is 11.7. The molecule has 0 saturated heterocycles. The van der Waals surface area contributed by atoms with Crippen molar-refractivity contribution in [3.63, 3.8) is 0 Å². The van der Waals surface area contributed by atoms with Crippen molar-refractivity contribution in [2.24, 2.45) is 23.2 Å². The van der Waals surface area contributed by atoms with Crippen molar-refractivity contribution in [3.8, 4) is 17.6 Å². The van der Waals surface area contributed by atoms with Gasteiger partial charge in [-0.15, -0.1) is 0 Å². The van der Waals surface area contributed by atoms with Crippen molar-refractivity contribution >= 4 is 17.8 Å². The van der Waals surface area contributed by atoms with Crippen molar-refractivity contribution in [1.29, 1.82) is 5.26 Å². The summed E-state index contributed by atoms with van der Waals surface area (Å²) in [4.78, 5) is 38.9. The first-order chi connectivity index (χ1) is 20.6. The maximum Gasteiger partial charge on any atom is 0.309 e. The molecular weight excluding hydrogens is 546 g/mol. The maximum atomic E-state index is 13.8. The molecule has 0 heterocycles. The van der Waals surface area contributed by atoms with Crippen LogP contribution in [0.3, 0.4) is 0 Å². The summed E-state index contributed by atoms with van der Waals surface area (Å²) in [5.74, 6) is -0.377. The highest BCUT2D eigenvalue weighted by atomic mass is 16.5. The van der Waals surface area contributed by atoms with Crippen molar-refractivity contribution < 1.29 is 29.0 Å². The van der Waals surface area contributed by atoms with E-state index < -0.39 is 11.4 Å². The lowest BCUT2D eigenvalue weighted by Crippen LogP contribution is -2.50. The molecule has 2 amide bonds. The molecule has 5 atom stereocenters. The quantitative estimate of drug-likeness (QED) is 0.354. The Morgan fingerprint density at radius 2 is 1.77 bits per heavy atom. The third-order valence-corrected chi connectivity index (χ3v) is 9.98. The third-order valence-electron chi connectivity index (χ3n) is 9.98. The Hall–Kier alpha value is -4.06.